The maximum atomic E-state index is 5.98. The van der Waals surface area contributed by atoms with E-state index in [1.807, 2.05) is 31.2 Å². The number of aromatic nitrogens is 1. The molecule has 2 aromatic rings. The highest BCUT2D eigenvalue weighted by atomic mass is 35.5. The molecule has 0 aliphatic rings. The molecular weight excluding hydrogens is 330 g/mol. The Morgan fingerprint density at radius 3 is 2.75 bits per heavy atom. The van der Waals surface area contributed by atoms with Crippen LogP contribution in [0.3, 0.4) is 0 Å². The van der Waals surface area contributed by atoms with E-state index in [2.05, 4.69) is 15.6 Å². The van der Waals surface area contributed by atoms with Crippen LogP contribution in [0.5, 0.6) is 5.88 Å². The Labute approximate surface area is 146 Å². The van der Waals surface area contributed by atoms with E-state index in [1.54, 1.807) is 19.2 Å². The molecule has 128 valence electrons. The van der Waals surface area contributed by atoms with Crippen molar-refractivity contribution in [2.45, 2.75) is 13.5 Å². The van der Waals surface area contributed by atoms with E-state index in [0.29, 0.717) is 23.2 Å². The second-order valence-corrected chi connectivity index (χ2v) is 5.28. The van der Waals surface area contributed by atoms with Crippen LogP contribution >= 0.6 is 11.6 Å². The number of nitrogens with zero attached hydrogens (tertiary/aromatic N) is 2. The number of hydrogen-bond donors (Lipinski definition) is 1. The van der Waals surface area contributed by atoms with Gasteiger partial charge >= 0.3 is 0 Å². The van der Waals surface area contributed by atoms with Crippen LogP contribution in [0, 0.1) is 6.92 Å². The summed E-state index contributed by atoms with van der Waals surface area (Å²) in [6, 6.07) is 11.3. The van der Waals surface area contributed by atoms with Crippen LogP contribution in [0.4, 0.5) is 0 Å². The number of pyridine rings is 1. The van der Waals surface area contributed by atoms with E-state index in [-0.39, 0.29) is 6.61 Å². The van der Waals surface area contributed by atoms with Crippen LogP contribution in [0.15, 0.2) is 41.6 Å². The van der Waals surface area contributed by atoms with Gasteiger partial charge in [-0.15, -0.1) is 0 Å². The fourth-order valence-electron chi connectivity index (χ4n) is 2.08. The molecule has 0 radical (unpaired) electrons. The summed E-state index contributed by atoms with van der Waals surface area (Å²) >= 11 is 5.98. The Morgan fingerprint density at radius 1 is 1.25 bits per heavy atom. The molecule has 0 atom stereocenters. The Bertz CT molecular complexity index is 707. The SMILES string of the molecule is CNOC/C(=N\OC)c1ccccc1COc1ccc(Cl)c(C)n1. The van der Waals surface area contributed by atoms with Gasteiger partial charge in [-0.05, 0) is 18.6 Å². The number of rotatable bonds is 8. The molecule has 2 rings (SSSR count). The minimum absolute atomic E-state index is 0.264. The number of oxime groups is 1. The number of benzene rings is 1. The van der Waals surface area contributed by atoms with Crippen LogP contribution in [-0.4, -0.2) is 31.5 Å². The van der Waals surface area contributed by atoms with Gasteiger partial charge in [0.05, 0.1) is 10.7 Å². The average Bonchev–Trinajstić information content (AvgIpc) is 2.60. The molecule has 1 aromatic heterocycles. The second-order valence-electron chi connectivity index (χ2n) is 4.88. The highest BCUT2D eigenvalue weighted by molar-refractivity contribution is 6.31. The summed E-state index contributed by atoms with van der Waals surface area (Å²) in [4.78, 5) is 14.4. The van der Waals surface area contributed by atoms with Crippen LogP contribution in [0.1, 0.15) is 16.8 Å². The monoisotopic (exact) mass is 349 g/mol. The fraction of sp³-hybridized carbons (Fsp3) is 0.294. The van der Waals surface area contributed by atoms with Gasteiger partial charge in [-0.3, -0.25) is 4.84 Å². The van der Waals surface area contributed by atoms with E-state index in [1.165, 1.54) is 7.11 Å². The van der Waals surface area contributed by atoms with Gasteiger partial charge in [0.15, 0.2) is 0 Å². The van der Waals surface area contributed by atoms with Crippen LogP contribution in [0.2, 0.25) is 5.02 Å². The van der Waals surface area contributed by atoms with Crippen molar-refractivity contribution in [2.75, 3.05) is 20.8 Å². The molecule has 24 heavy (non-hydrogen) atoms. The number of halogens is 1. The lowest BCUT2D eigenvalue weighted by Crippen LogP contribution is -2.19. The van der Waals surface area contributed by atoms with Crippen molar-refractivity contribution in [3.05, 3.63) is 58.2 Å². The number of ether oxygens (including phenoxy) is 1. The Balaban J connectivity index is 2.18. The summed E-state index contributed by atoms with van der Waals surface area (Å²) < 4.78 is 5.78. The molecule has 0 amide bonds. The van der Waals surface area contributed by atoms with Crippen molar-refractivity contribution >= 4 is 17.3 Å². The zero-order valence-corrected chi connectivity index (χ0v) is 14.6. The summed E-state index contributed by atoms with van der Waals surface area (Å²) in [6.07, 6.45) is 0. The minimum Gasteiger partial charge on any atom is -0.473 e. The smallest absolute Gasteiger partial charge is 0.213 e. The molecule has 0 fully saturated rings. The fourth-order valence-corrected chi connectivity index (χ4v) is 2.19. The molecule has 0 spiro atoms. The maximum Gasteiger partial charge on any atom is 0.213 e. The molecule has 0 aliphatic carbocycles. The van der Waals surface area contributed by atoms with Gasteiger partial charge in [0.1, 0.15) is 26.0 Å². The molecule has 0 saturated carbocycles. The lowest BCUT2D eigenvalue weighted by atomic mass is 10.0. The molecule has 1 N–H and O–H groups in total. The molecule has 0 saturated heterocycles. The molecule has 0 unspecified atom stereocenters. The second kappa shape index (κ2) is 9.22. The third kappa shape index (κ3) is 4.92. The average molecular weight is 350 g/mol. The molecule has 6 nitrogen and oxygen atoms in total. The van der Waals surface area contributed by atoms with Crippen molar-refractivity contribution in [3.63, 3.8) is 0 Å². The van der Waals surface area contributed by atoms with Crippen molar-refractivity contribution < 1.29 is 14.4 Å². The lowest BCUT2D eigenvalue weighted by Gasteiger charge is -2.12. The Kier molecular flexibility index (Phi) is 6.99. The van der Waals surface area contributed by atoms with Gasteiger partial charge in [-0.2, -0.15) is 0 Å². The van der Waals surface area contributed by atoms with Crippen molar-refractivity contribution in [3.8, 4) is 5.88 Å². The first-order valence-electron chi connectivity index (χ1n) is 7.38. The van der Waals surface area contributed by atoms with Gasteiger partial charge in [0.25, 0.3) is 0 Å². The maximum absolute atomic E-state index is 5.98. The lowest BCUT2D eigenvalue weighted by molar-refractivity contribution is 0.0866. The zero-order chi connectivity index (χ0) is 17.4. The third-order valence-electron chi connectivity index (χ3n) is 3.25. The normalized spacial score (nSPS) is 11.4. The van der Waals surface area contributed by atoms with Crippen LogP contribution in [-0.2, 0) is 16.3 Å². The zero-order valence-electron chi connectivity index (χ0n) is 13.9. The van der Waals surface area contributed by atoms with E-state index in [4.69, 9.17) is 26.0 Å². The quantitative estimate of drug-likeness (QED) is 0.586. The first-order valence-corrected chi connectivity index (χ1v) is 7.76. The molecule has 1 heterocycles. The predicted molar refractivity (Wildman–Crippen MR) is 93.3 cm³/mol. The van der Waals surface area contributed by atoms with Gasteiger partial charge in [0, 0.05) is 18.7 Å². The van der Waals surface area contributed by atoms with E-state index < -0.39 is 0 Å². The highest BCUT2D eigenvalue weighted by Gasteiger charge is 2.11. The van der Waals surface area contributed by atoms with E-state index in [9.17, 15) is 0 Å². The van der Waals surface area contributed by atoms with Crippen molar-refractivity contribution in [1.82, 2.24) is 10.5 Å². The van der Waals surface area contributed by atoms with Gasteiger partial charge in [-0.1, -0.05) is 41.0 Å². The largest absolute Gasteiger partial charge is 0.473 e. The first-order chi connectivity index (χ1) is 11.7. The summed E-state index contributed by atoms with van der Waals surface area (Å²) in [7, 11) is 3.19. The number of hydroxylamine groups is 1. The van der Waals surface area contributed by atoms with Gasteiger partial charge in [-0.25, -0.2) is 10.5 Å². The van der Waals surface area contributed by atoms with Gasteiger partial charge in [0.2, 0.25) is 5.88 Å². The van der Waals surface area contributed by atoms with Gasteiger partial charge < -0.3 is 9.57 Å². The standard InChI is InChI=1S/C17H20ClN3O3/c1-12-15(18)8-9-17(20-12)23-10-13-6-4-5-7-14(13)16(21-22-3)11-24-19-2/h4-9,19H,10-11H2,1-3H3/b21-16+. The summed E-state index contributed by atoms with van der Waals surface area (Å²) in [5.41, 5.74) is 5.85. The van der Waals surface area contributed by atoms with Crippen molar-refractivity contribution in [2.24, 2.45) is 5.16 Å². The molecular formula is C17H20ClN3O3. The molecule has 1 aromatic carbocycles. The summed E-state index contributed by atoms with van der Waals surface area (Å²) in [5.74, 6) is 0.517. The topological polar surface area (TPSA) is 65.0 Å². The Hall–Kier alpha value is -2.15. The summed E-state index contributed by atoms with van der Waals surface area (Å²) in [5, 5.41) is 4.65. The predicted octanol–water partition coefficient (Wildman–Crippen LogP) is 3.12. The minimum atomic E-state index is 0.264. The Morgan fingerprint density at radius 2 is 2.04 bits per heavy atom. The number of hydrogen-bond acceptors (Lipinski definition) is 6. The van der Waals surface area contributed by atoms with Crippen LogP contribution in [0.25, 0.3) is 0 Å². The number of aryl methyl sites for hydroxylation is 1. The molecule has 0 bridgehead atoms. The van der Waals surface area contributed by atoms with Crippen molar-refractivity contribution in [1.29, 1.82) is 0 Å². The molecule has 0 aliphatic heterocycles. The third-order valence-corrected chi connectivity index (χ3v) is 3.65. The molecule has 7 heteroatoms. The van der Waals surface area contributed by atoms with Crippen LogP contribution < -0.4 is 10.2 Å². The number of nitrogens with one attached hydrogen (secondary N) is 1. The van der Waals surface area contributed by atoms with E-state index >= 15 is 0 Å². The summed E-state index contributed by atoms with van der Waals surface area (Å²) in [6.45, 7) is 2.44. The highest BCUT2D eigenvalue weighted by Crippen LogP contribution is 2.19. The van der Waals surface area contributed by atoms with E-state index in [0.717, 1.165) is 16.8 Å². The first kappa shape index (κ1) is 18.2.